The van der Waals surface area contributed by atoms with E-state index < -0.39 is 186 Å². The van der Waals surface area contributed by atoms with Crippen LogP contribution in [0.5, 0.6) is 0 Å². The maximum atomic E-state index is 12.8. The minimum Gasteiger partial charge on any atom is -0.394 e. The van der Waals surface area contributed by atoms with Gasteiger partial charge in [-0.05, 0) is 6.92 Å². The number of rotatable bonds is 13. The maximum absolute atomic E-state index is 12.8. The molecule has 0 radical (unpaired) electrons. The van der Waals surface area contributed by atoms with Crippen molar-refractivity contribution < 1.29 is 124 Å². The van der Waals surface area contributed by atoms with Gasteiger partial charge in [0.25, 0.3) is 0 Å². The molecule has 0 aromatic heterocycles. The molecule has 16 N–H and O–H groups in total. The predicted octanol–water partition coefficient (Wildman–Crippen LogP) is -10.8. The molecule has 25 unspecified atom stereocenters. The lowest BCUT2D eigenvalue weighted by molar-refractivity contribution is -0.391. The number of aliphatic hydroxyl groups is 15. The quantitative estimate of drug-likeness (QED) is 0.0818. The lowest BCUT2D eigenvalue weighted by Crippen LogP contribution is -2.71. The molecule has 338 valence electrons. The molecule has 0 spiro atoms. The van der Waals surface area contributed by atoms with Crippen molar-refractivity contribution in [3.63, 3.8) is 0 Å². The zero-order valence-electron chi connectivity index (χ0n) is 31.1. The first-order valence-corrected chi connectivity index (χ1v) is 18.5. The van der Waals surface area contributed by atoms with Crippen LogP contribution in [0.15, 0.2) is 0 Å². The third-order valence-corrected chi connectivity index (χ3v) is 10.7. The highest BCUT2D eigenvalue weighted by molar-refractivity contribution is 5.73. The van der Waals surface area contributed by atoms with Crippen molar-refractivity contribution in [3.05, 3.63) is 0 Å². The van der Waals surface area contributed by atoms with Gasteiger partial charge in [-0.3, -0.25) is 4.79 Å². The minimum atomic E-state index is -2.12. The van der Waals surface area contributed by atoms with Gasteiger partial charge in [-0.1, -0.05) is 0 Å². The fourth-order valence-electron chi connectivity index (χ4n) is 7.37. The monoisotopic (exact) mass is 853 g/mol. The SMILES string of the molecule is CC(=O)NC1C(OC2C(O)C(CO)OC(OC3C(CO)OC(O)C(O)C3O)C2O)OC(CO)C(OC2OC(CO)C(O)C(O)C2O)C1OC1OC(C)C(O)C(O)C1O. The molecule has 0 saturated carbocycles. The van der Waals surface area contributed by atoms with Gasteiger partial charge in [0.15, 0.2) is 31.5 Å². The summed E-state index contributed by atoms with van der Waals surface area (Å²) in [5, 5.41) is 159. The molecule has 26 heteroatoms. The molecule has 5 saturated heterocycles. The van der Waals surface area contributed by atoms with E-state index in [0.717, 1.165) is 6.92 Å². The molecule has 5 heterocycles. The zero-order chi connectivity index (χ0) is 42.9. The summed E-state index contributed by atoms with van der Waals surface area (Å²) >= 11 is 0. The number of hydrogen-bond acceptors (Lipinski definition) is 25. The third-order valence-electron chi connectivity index (χ3n) is 10.7. The average Bonchev–Trinajstić information content (AvgIpc) is 3.19. The first-order valence-electron chi connectivity index (χ1n) is 18.5. The number of aliphatic hydroxyl groups excluding tert-OH is 15. The number of carbonyl (C=O) groups excluding carboxylic acids is 1. The number of amides is 1. The summed E-state index contributed by atoms with van der Waals surface area (Å²) in [6.45, 7) is -1.36. The van der Waals surface area contributed by atoms with E-state index in [-0.39, 0.29) is 0 Å². The molecular formula is C32H55NO25. The second kappa shape index (κ2) is 20.1. The van der Waals surface area contributed by atoms with E-state index in [1.807, 2.05) is 0 Å². The molecule has 1 amide bonds. The molecule has 0 aliphatic carbocycles. The molecule has 0 bridgehead atoms. The lowest BCUT2D eigenvalue weighted by Gasteiger charge is -2.51. The Morgan fingerprint density at radius 3 is 1.47 bits per heavy atom. The summed E-state index contributed by atoms with van der Waals surface area (Å²) in [6.07, 6.45) is -43.6. The highest BCUT2D eigenvalue weighted by atomic mass is 16.8. The van der Waals surface area contributed by atoms with Crippen molar-refractivity contribution in [2.24, 2.45) is 0 Å². The third kappa shape index (κ3) is 9.75. The van der Waals surface area contributed by atoms with Gasteiger partial charge < -0.3 is 125 Å². The molecule has 5 rings (SSSR count). The van der Waals surface area contributed by atoms with E-state index in [0.29, 0.717) is 0 Å². The van der Waals surface area contributed by atoms with Gasteiger partial charge in [0.2, 0.25) is 5.91 Å². The number of nitrogens with one attached hydrogen (secondary N) is 1. The topological polar surface area (TPSA) is 416 Å². The summed E-state index contributed by atoms with van der Waals surface area (Å²) in [6, 6.07) is -1.73. The van der Waals surface area contributed by atoms with E-state index >= 15 is 0 Å². The summed E-state index contributed by atoms with van der Waals surface area (Å²) in [4.78, 5) is 12.8. The van der Waals surface area contributed by atoms with Crippen molar-refractivity contribution in [1.29, 1.82) is 0 Å². The summed E-state index contributed by atoms with van der Waals surface area (Å²) in [5.41, 5.74) is 0. The Bertz CT molecular complexity index is 1300. The van der Waals surface area contributed by atoms with Gasteiger partial charge >= 0.3 is 0 Å². The van der Waals surface area contributed by atoms with Crippen LogP contribution in [0.1, 0.15) is 13.8 Å². The van der Waals surface area contributed by atoms with Crippen molar-refractivity contribution in [2.45, 2.75) is 167 Å². The van der Waals surface area contributed by atoms with E-state index in [1.165, 1.54) is 6.92 Å². The summed E-state index contributed by atoms with van der Waals surface area (Å²) < 4.78 is 51.4. The standard InChI is InChI=1S/C32H55NO25/c1-7-14(39)17(42)21(46)30(50-7)57-26-13(33-8(2)38)29(54-12(6-37)25(26)56-31-22(47)18(43)15(40)9(3-34)52-31)58-27-16(41)10(4-35)53-32(23(27)48)55-24-11(5-36)51-28(49)20(45)19(24)44/h7,9-32,34-37,39-49H,3-6H2,1-2H3,(H,33,38). The molecule has 26 nitrogen and oxygen atoms in total. The Hall–Kier alpha value is -1.49. The van der Waals surface area contributed by atoms with Crippen LogP contribution in [-0.4, -0.2) is 262 Å². The lowest BCUT2D eigenvalue weighted by atomic mass is 9.93. The Morgan fingerprint density at radius 2 is 0.897 bits per heavy atom. The van der Waals surface area contributed by atoms with Gasteiger partial charge in [-0.2, -0.15) is 0 Å². The van der Waals surface area contributed by atoms with Crippen LogP contribution in [-0.2, 0) is 47.4 Å². The summed E-state index contributed by atoms with van der Waals surface area (Å²) in [5.74, 6) is -0.830. The molecule has 5 aliphatic heterocycles. The van der Waals surface area contributed by atoms with Crippen molar-refractivity contribution in [3.8, 4) is 0 Å². The summed E-state index contributed by atoms with van der Waals surface area (Å²) in [7, 11) is 0. The van der Waals surface area contributed by atoms with Crippen LogP contribution < -0.4 is 5.32 Å². The first kappa shape index (κ1) is 47.6. The molecule has 58 heavy (non-hydrogen) atoms. The number of ether oxygens (including phenoxy) is 9. The van der Waals surface area contributed by atoms with Crippen LogP contribution in [0.3, 0.4) is 0 Å². The van der Waals surface area contributed by atoms with Crippen LogP contribution in [0.4, 0.5) is 0 Å². The van der Waals surface area contributed by atoms with E-state index in [9.17, 15) is 81.4 Å². The fraction of sp³-hybridized carbons (Fsp3) is 0.969. The Labute approximate surface area is 329 Å². The number of hydrogen-bond donors (Lipinski definition) is 16. The van der Waals surface area contributed by atoms with E-state index in [4.69, 9.17) is 42.6 Å². The second-order valence-electron chi connectivity index (χ2n) is 14.7. The average molecular weight is 854 g/mol. The van der Waals surface area contributed by atoms with Gasteiger partial charge in [0.05, 0.1) is 32.5 Å². The predicted molar refractivity (Wildman–Crippen MR) is 177 cm³/mol. The fourth-order valence-corrected chi connectivity index (χ4v) is 7.37. The van der Waals surface area contributed by atoms with Crippen molar-refractivity contribution in [1.82, 2.24) is 5.32 Å². The molecule has 0 aromatic rings. The first-order chi connectivity index (χ1) is 27.4. The molecule has 5 fully saturated rings. The zero-order valence-corrected chi connectivity index (χ0v) is 31.1. The minimum absolute atomic E-state index is 0.830. The Balaban J connectivity index is 1.50. The van der Waals surface area contributed by atoms with Crippen LogP contribution >= 0.6 is 0 Å². The van der Waals surface area contributed by atoms with E-state index in [1.54, 1.807) is 0 Å². The van der Waals surface area contributed by atoms with Crippen LogP contribution in [0, 0.1) is 0 Å². The van der Waals surface area contributed by atoms with Crippen molar-refractivity contribution >= 4 is 5.91 Å². The second-order valence-corrected chi connectivity index (χ2v) is 14.7. The smallest absolute Gasteiger partial charge is 0.217 e. The molecule has 25 atom stereocenters. The largest absolute Gasteiger partial charge is 0.394 e. The Morgan fingerprint density at radius 1 is 0.448 bits per heavy atom. The van der Waals surface area contributed by atoms with Gasteiger partial charge in [-0.25, -0.2) is 0 Å². The van der Waals surface area contributed by atoms with Gasteiger partial charge in [0.1, 0.15) is 116 Å². The highest BCUT2D eigenvalue weighted by Crippen LogP contribution is 2.36. The van der Waals surface area contributed by atoms with Gasteiger partial charge in [-0.15, -0.1) is 0 Å². The van der Waals surface area contributed by atoms with Crippen LogP contribution in [0.2, 0.25) is 0 Å². The molecule has 0 aromatic carbocycles. The van der Waals surface area contributed by atoms with E-state index in [2.05, 4.69) is 5.32 Å². The highest BCUT2D eigenvalue weighted by Gasteiger charge is 2.57. The molecule has 5 aliphatic rings. The number of carbonyl (C=O) groups is 1. The van der Waals surface area contributed by atoms with Crippen LogP contribution in [0.25, 0.3) is 0 Å². The van der Waals surface area contributed by atoms with Crippen molar-refractivity contribution in [2.75, 3.05) is 26.4 Å². The maximum Gasteiger partial charge on any atom is 0.217 e. The van der Waals surface area contributed by atoms with Gasteiger partial charge in [0, 0.05) is 6.92 Å². The normalized spacial score (nSPS) is 51.6. The molecular weight excluding hydrogens is 798 g/mol. The Kier molecular flexibility index (Phi) is 16.5.